The number of hydrogen-bond donors (Lipinski definition) is 2. The standard InChI is InChI=1S/C30H33Cl2N3O4S/c1-30(2,3)23-12-10-21(11-13-23)28(36)33-24-7-4-8-25(17-24)34-29(37)22-6-5-15-35(18-22)40(38,39)19-20-9-14-26(31)27(32)16-20/h4,7-14,16-17,22H,5-6,15,18-19H2,1-3H3,(H,33,36)(H,34,37). The maximum absolute atomic E-state index is 13.1. The first-order valence-electron chi connectivity index (χ1n) is 13.1. The summed E-state index contributed by atoms with van der Waals surface area (Å²) >= 11 is 12.0. The van der Waals surface area contributed by atoms with Crippen LogP contribution in [0.1, 0.15) is 55.1 Å². The molecule has 3 aromatic rings. The summed E-state index contributed by atoms with van der Waals surface area (Å²) in [6, 6.07) is 19.1. The summed E-state index contributed by atoms with van der Waals surface area (Å²) in [7, 11) is -3.66. The van der Waals surface area contributed by atoms with Crippen LogP contribution in [0.3, 0.4) is 0 Å². The largest absolute Gasteiger partial charge is 0.326 e. The van der Waals surface area contributed by atoms with E-state index in [1.54, 1.807) is 54.6 Å². The van der Waals surface area contributed by atoms with Gasteiger partial charge in [0, 0.05) is 30.0 Å². The zero-order valence-electron chi connectivity index (χ0n) is 22.7. The molecule has 1 saturated heterocycles. The van der Waals surface area contributed by atoms with Crippen LogP contribution in [0.2, 0.25) is 10.0 Å². The molecule has 0 spiro atoms. The molecule has 0 aliphatic carbocycles. The van der Waals surface area contributed by atoms with E-state index in [9.17, 15) is 18.0 Å². The van der Waals surface area contributed by atoms with Crippen LogP contribution in [0.25, 0.3) is 0 Å². The Kier molecular flexibility index (Phi) is 9.25. The van der Waals surface area contributed by atoms with Gasteiger partial charge in [0.05, 0.1) is 21.7 Å². The van der Waals surface area contributed by atoms with E-state index in [1.165, 1.54) is 4.31 Å². The fraction of sp³-hybridized carbons (Fsp3) is 0.333. The Morgan fingerprint density at radius 2 is 1.60 bits per heavy atom. The highest BCUT2D eigenvalue weighted by atomic mass is 35.5. The van der Waals surface area contributed by atoms with Crippen molar-refractivity contribution in [3.05, 3.63) is 93.5 Å². The number of piperidine rings is 1. The summed E-state index contributed by atoms with van der Waals surface area (Å²) in [5, 5.41) is 6.40. The molecule has 2 amide bonds. The maximum atomic E-state index is 13.1. The Balaban J connectivity index is 1.37. The number of rotatable bonds is 7. The van der Waals surface area contributed by atoms with Gasteiger partial charge in [-0.3, -0.25) is 9.59 Å². The number of benzene rings is 3. The minimum Gasteiger partial charge on any atom is -0.326 e. The number of halogens is 2. The zero-order valence-corrected chi connectivity index (χ0v) is 25.0. The number of nitrogens with zero attached hydrogens (tertiary/aromatic N) is 1. The minimum absolute atomic E-state index is 0.00785. The highest BCUT2D eigenvalue weighted by Gasteiger charge is 2.32. The van der Waals surface area contributed by atoms with Crippen LogP contribution >= 0.6 is 23.2 Å². The average molecular weight is 603 g/mol. The van der Waals surface area contributed by atoms with Crippen LogP contribution in [0, 0.1) is 5.92 Å². The van der Waals surface area contributed by atoms with Gasteiger partial charge in [-0.05, 0) is 71.8 Å². The molecule has 2 N–H and O–H groups in total. The molecular weight excluding hydrogens is 569 g/mol. The summed E-state index contributed by atoms with van der Waals surface area (Å²) in [6.07, 6.45) is 1.15. The zero-order chi connectivity index (χ0) is 29.1. The van der Waals surface area contributed by atoms with Gasteiger partial charge in [-0.25, -0.2) is 12.7 Å². The van der Waals surface area contributed by atoms with E-state index in [1.807, 2.05) is 12.1 Å². The van der Waals surface area contributed by atoms with Crippen molar-refractivity contribution >= 4 is 56.4 Å². The van der Waals surface area contributed by atoms with Gasteiger partial charge >= 0.3 is 0 Å². The number of nitrogens with one attached hydrogen (secondary N) is 2. The first-order valence-corrected chi connectivity index (χ1v) is 15.4. The van der Waals surface area contributed by atoms with E-state index in [0.29, 0.717) is 51.9 Å². The average Bonchev–Trinajstić information content (AvgIpc) is 2.90. The maximum Gasteiger partial charge on any atom is 0.255 e. The molecule has 10 heteroatoms. The van der Waals surface area contributed by atoms with Gasteiger partial charge in [0.1, 0.15) is 0 Å². The van der Waals surface area contributed by atoms with Gasteiger partial charge in [0.15, 0.2) is 0 Å². The van der Waals surface area contributed by atoms with Gasteiger partial charge in [0.25, 0.3) is 5.91 Å². The molecule has 1 aliphatic rings. The highest BCUT2D eigenvalue weighted by Crippen LogP contribution is 2.27. The molecule has 3 aromatic carbocycles. The van der Waals surface area contributed by atoms with E-state index < -0.39 is 15.9 Å². The fourth-order valence-corrected chi connectivity index (χ4v) is 6.50. The second-order valence-corrected chi connectivity index (χ2v) is 13.8. The second-order valence-electron chi connectivity index (χ2n) is 11.1. The van der Waals surface area contributed by atoms with Crippen molar-refractivity contribution in [2.75, 3.05) is 23.7 Å². The van der Waals surface area contributed by atoms with Crippen molar-refractivity contribution in [1.82, 2.24) is 4.31 Å². The molecular formula is C30H33Cl2N3O4S. The molecule has 0 radical (unpaired) electrons. The van der Waals surface area contributed by atoms with Crippen LogP contribution in [0.15, 0.2) is 66.7 Å². The number of carbonyl (C=O) groups is 2. The van der Waals surface area contributed by atoms with Gasteiger partial charge in [-0.1, -0.05) is 68.2 Å². The lowest BCUT2D eigenvalue weighted by atomic mass is 9.87. The summed E-state index contributed by atoms with van der Waals surface area (Å²) in [5.74, 6) is -1.24. The van der Waals surface area contributed by atoms with Gasteiger partial charge in [-0.2, -0.15) is 0 Å². The Labute approximate surface area is 245 Å². The quantitative estimate of drug-likeness (QED) is 0.314. The van der Waals surface area contributed by atoms with Gasteiger partial charge < -0.3 is 10.6 Å². The predicted molar refractivity (Wildman–Crippen MR) is 162 cm³/mol. The molecule has 0 bridgehead atoms. The molecule has 0 saturated carbocycles. The molecule has 212 valence electrons. The van der Waals surface area contributed by atoms with Gasteiger partial charge in [-0.15, -0.1) is 0 Å². The van der Waals surface area contributed by atoms with Crippen LogP contribution in [0.5, 0.6) is 0 Å². The Bertz CT molecular complexity index is 1500. The SMILES string of the molecule is CC(C)(C)c1ccc(C(=O)Nc2cccc(NC(=O)C3CCCN(S(=O)(=O)Cc4ccc(Cl)c(Cl)c4)C3)c2)cc1. The van der Waals surface area contributed by atoms with Crippen molar-refractivity contribution < 1.29 is 18.0 Å². The first-order chi connectivity index (χ1) is 18.8. The Morgan fingerprint density at radius 1 is 0.925 bits per heavy atom. The third-order valence-electron chi connectivity index (χ3n) is 6.88. The Morgan fingerprint density at radius 3 is 2.25 bits per heavy atom. The monoisotopic (exact) mass is 601 g/mol. The van der Waals surface area contributed by atoms with Crippen molar-refractivity contribution in [2.45, 2.75) is 44.8 Å². The summed E-state index contributed by atoms with van der Waals surface area (Å²) in [4.78, 5) is 25.9. The number of amides is 2. The predicted octanol–water partition coefficient (Wildman–Crippen LogP) is 6.72. The second kappa shape index (κ2) is 12.3. The molecule has 40 heavy (non-hydrogen) atoms. The molecule has 1 fully saturated rings. The van der Waals surface area contributed by atoms with Crippen molar-refractivity contribution in [2.24, 2.45) is 5.92 Å². The number of hydrogen-bond acceptors (Lipinski definition) is 4. The molecule has 4 rings (SSSR count). The van der Waals surface area contributed by atoms with Crippen molar-refractivity contribution in [1.29, 1.82) is 0 Å². The minimum atomic E-state index is -3.66. The van der Waals surface area contributed by atoms with Crippen molar-refractivity contribution in [3.63, 3.8) is 0 Å². The molecule has 0 aromatic heterocycles. The summed E-state index contributed by atoms with van der Waals surface area (Å²) < 4.78 is 27.5. The molecule has 7 nitrogen and oxygen atoms in total. The lowest BCUT2D eigenvalue weighted by molar-refractivity contribution is -0.120. The van der Waals surface area contributed by atoms with E-state index in [2.05, 4.69) is 31.4 Å². The molecule has 1 atom stereocenters. The van der Waals surface area contributed by atoms with Crippen molar-refractivity contribution in [3.8, 4) is 0 Å². The fourth-order valence-electron chi connectivity index (χ4n) is 4.58. The lowest BCUT2D eigenvalue weighted by Gasteiger charge is -2.31. The van der Waals surface area contributed by atoms with E-state index >= 15 is 0 Å². The number of anilines is 2. The normalized spacial score (nSPS) is 16.4. The molecule has 1 aliphatic heterocycles. The Hall–Kier alpha value is -2.91. The van der Waals surface area contributed by atoms with Crippen LogP contribution < -0.4 is 10.6 Å². The number of sulfonamides is 1. The van der Waals surface area contributed by atoms with Gasteiger partial charge in [0.2, 0.25) is 15.9 Å². The van der Waals surface area contributed by atoms with E-state index in [-0.39, 0.29) is 29.5 Å². The molecule has 1 heterocycles. The smallest absolute Gasteiger partial charge is 0.255 e. The number of carbonyl (C=O) groups excluding carboxylic acids is 2. The van der Waals surface area contributed by atoms with Crippen LogP contribution in [-0.2, 0) is 26.0 Å². The summed E-state index contributed by atoms with van der Waals surface area (Å²) in [6.45, 7) is 6.79. The topological polar surface area (TPSA) is 95.6 Å². The highest BCUT2D eigenvalue weighted by molar-refractivity contribution is 7.88. The summed E-state index contributed by atoms with van der Waals surface area (Å²) in [5.41, 5.74) is 3.25. The van der Waals surface area contributed by atoms with Crippen LogP contribution in [0.4, 0.5) is 11.4 Å². The van der Waals surface area contributed by atoms with E-state index in [4.69, 9.17) is 23.2 Å². The lowest BCUT2D eigenvalue weighted by Crippen LogP contribution is -2.44. The van der Waals surface area contributed by atoms with Crippen LogP contribution in [-0.4, -0.2) is 37.6 Å². The third kappa shape index (κ3) is 7.63. The van der Waals surface area contributed by atoms with E-state index in [0.717, 1.165) is 5.56 Å². The first kappa shape index (κ1) is 30.1. The molecule has 1 unspecified atom stereocenters. The third-order valence-corrected chi connectivity index (χ3v) is 9.44.